The maximum Gasteiger partial charge on any atom is 0.330 e. The van der Waals surface area contributed by atoms with Gasteiger partial charge in [0, 0.05) is 54.0 Å². The molecule has 1 aliphatic heterocycles. The minimum Gasteiger partial charge on any atom is -0.483 e. The Bertz CT molecular complexity index is 1370. The van der Waals surface area contributed by atoms with Crippen LogP contribution in [0.3, 0.4) is 0 Å². The van der Waals surface area contributed by atoms with E-state index in [2.05, 4.69) is 10.2 Å². The van der Waals surface area contributed by atoms with E-state index in [0.29, 0.717) is 12.7 Å². The number of rotatable bonds is 12. The van der Waals surface area contributed by atoms with Crippen LogP contribution in [0.4, 0.5) is 19.3 Å². The molecule has 15 heteroatoms. The van der Waals surface area contributed by atoms with Crippen molar-refractivity contribution in [3.63, 3.8) is 0 Å². The topological polar surface area (TPSA) is 152 Å². The Labute approximate surface area is 263 Å². The van der Waals surface area contributed by atoms with Crippen molar-refractivity contribution in [1.29, 1.82) is 0 Å². The third kappa shape index (κ3) is 9.11. The highest BCUT2D eigenvalue weighted by Gasteiger charge is 2.41. The maximum absolute atomic E-state index is 14.7. The summed E-state index contributed by atoms with van der Waals surface area (Å²) in [6, 6.07) is 10.3. The fourth-order valence-corrected chi connectivity index (χ4v) is 6.00. The summed E-state index contributed by atoms with van der Waals surface area (Å²) < 4.78 is 34.3. The molecule has 2 aromatic rings. The minimum atomic E-state index is -0.834. The van der Waals surface area contributed by atoms with Crippen LogP contribution in [0, 0.1) is 17.6 Å². The lowest BCUT2D eigenvalue weighted by atomic mass is 9.94. The van der Waals surface area contributed by atoms with Crippen LogP contribution >= 0.6 is 23.4 Å². The first kappa shape index (κ1) is 35.9. The quantitative estimate of drug-likeness (QED) is 0.0871. The van der Waals surface area contributed by atoms with Gasteiger partial charge in [-0.3, -0.25) is 24.2 Å². The van der Waals surface area contributed by atoms with Gasteiger partial charge in [0.2, 0.25) is 6.41 Å². The molecular formula is C29H35ClF2N6O5S. The molecule has 0 fully saturated rings. The molecule has 0 aromatic heterocycles. The van der Waals surface area contributed by atoms with Crippen molar-refractivity contribution < 1.29 is 32.7 Å². The molecule has 0 spiro atoms. The minimum absolute atomic E-state index is 0.0247. The molecule has 3 rings (SSSR count). The molecular weight excluding hydrogens is 618 g/mol. The van der Waals surface area contributed by atoms with Crippen LogP contribution in [-0.2, 0) is 25.7 Å². The van der Waals surface area contributed by atoms with E-state index in [4.69, 9.17) is 32.6 Å². The highest BCUT2D eigenvalue weighted by molar-refractivity contribution is 8.03. The Morgan fingerprint density at radius 3 is 2.20 bits per heavy atom. The van der Waals surface area contributed by atoms with Gasteiger partial charge in [0.05, 0.1) is 25.8 Å². The van der Waals surface area contributed by atoms with E-state index in [1.807, 2.05) is 29.7 Å². The SMILES string of the molecule is CNc1ccc(C2SC(N(Cc3c(F)cccc3F)C(=O)N(C)/C(N)=C/C=C(\N)OC)=C(C=O)C2CCl)cc1.CONC=O. The number of methoxy groups -OCH3 is 1. The van der Waals surface area contributed by atoms with Gasteiger partial charge in [0.15, 0.2) is 5.88 Å². The van der Waals surface area contributed by atoms with Crippen LogP contribution in [0.15, 0.2) is 76.9 Å². The highest BCUT2D eigenvalue weighted by atomic mass is 35.5. The molecule has 2 atom stereocenters. The van der Waals surface area contributed by atoms with Crippen molar-refractivity contribution in [2.45, 2.75) is 11.8 Å². The van der Waals surface area contributed by atoms with E-state index in [1.54, 1.807) is 7.05 Å². The van der Waals surface area contributed by atoms with Gasteiger partial charge in [-0.05, 0) is 35.9 Å². The molecule has 0 aliphatic carbocycles. The number of halogens is 3. The number of alkyl halides is 1. The number of nitrogens with two attached hydrogens (primary N) is 2. The van der Waals surface area contributed by atoms with Gasteiger partial charge in [0.25, 0.3) is 0 Å². The van der Waals surface area contributed by atoms with Crippen LogP contribution in [0.25, 0.3) is 0 Å². The third-order valence-corrected chi connectivity index (χ3v) is 8.29. The van der Waals surface area contributed by atoms with Crippen LogP contribution < -0.4 is 22.3 Å². The second kappa shape index (κ2) is 17.8. The fraction of sp³-hybridized carbons (Fsp3) is 0.276. The molecule has 1 heterocycles. The van der Waals surface area contributed by atoms with Gasteiger partial charge in [-0.1, -0.05) is 30.0 Å². The number of nitrogens with zero attached hydrogens (tertiary/aromatic N) is 2. The number of hydrogen-bond acceptors (Lipinski definition) is 9. The number of hydrogen-bond donors (Lipinski definition) is 4. The summed E-state index contributed by atoms with van der Waals surface area (Å²) in [5.74, 6) is -2.02. The van der Waals surface area contributed by atoms with E-state index in [1.165, 1.54) is 51.2 Å². The van der Waals surface area contributed by atoms with E-state index in [0.717, 1.165) is 33.2 Å². The summed E-state index contributed by atoms with van der Waals surface area (Å²) in [7, 11) is 5.93. The number of aldehydes is 1. The van der Waals surface area contributed by atoms with Crippen molar-refractivity contribution in [3.05, 3.63) is 99.7 Å². The largest absolute Gasteiger partial charge is 0.483 e. The van der Waals surface area contributed by atoms with Gasteiger partial charge in [-0.25, -0.2) is 19.1 Å². The summed E-state index contributed by atoms with van der Waals surface area (Å²) in [6.07, 6.45) is 3.80. The number of ether oxygens (including phenoxy) is 1. The van der Waals surface area contributed by atoms with E-state index < -0.39 is 30.1 Å². The van der Waals surface area contributed by atoms with Crippen LogP contribution in [0.5, 0.6) is 0 Å². The first-order valence-electron chi connectivity index (χ1n) is 12.9. The molecule has 0 saturated carbocycles. The number of amides is 3. The smallest absolute Gasteiger partial charge is 0.330 e. The van der Waals surface area contributed by atoms with E-state index >= 15 is 0 Å². The zero-order valence-electron chi connectivity index (χ0n) is 24.6. The van der Waals surface area contributed by atoms with Crippen molar-refractivity contribution in [1.82, 2.24) is 15.3 Å². The molecule has 0 radical (unpaired) electrons. The molecule has 44 heavy (non-hydrogen) atoms. The van der Waals surface area contributed by atoms with Crippen LogP contribution in [-0.4, -0.2) is 62.7 Å². The number of thioether (sulfide) groups is 1. The van der Waals surface area contributed by atoms with Crippen molar-refractivity contribution >= 4 is 47.8 Å². The van der Waals surface area contributed by atoms with Crippen LogP contribution in [0.2, 0.25) is 0 Å². The van der Waals surface area contributed by atoms with Crippen molar-refractivity contribution in [2.75, 3.05) is 39.5 Å². The Morgan fingerprint density at radius 1 is 1.09 bits per heavy atom. The number of carbonyl (C=O) groups excluding carboxylic acids is 3. The lowest BCUT2D eigenvalue weighted by Gasteiger charge is -2.30. The summed E-state index contributed by atoms with van der Waals surface area (Å²) >= 11 is 7.56. The molecule has 11 nitrogen and oxygen atoms in total. The number of urea groups is 1. The molecule has 2 aromatic carbocycles. The first-order chi connectivity index (χ1) is 21.1. The average Bonchev–Trinajstić information content (AvgIpc) is 3.41. The highest BCUT2D eigenvalue weighted by Crippen LogP contribution is 2.53. The second-order valence-electron chi connectivity index (χ2n) is 8.98. The van der Waals surface area contributed by atoms with E-state index in [9.17, 15) is 18.4 Å². The Balaban J connectivity index is 0.00000125. The predicted octanol–water partition coefficient (Wildman–Crippen LogP) is 4.15. The predicted molar refractivity (Wildman–Crippen MR) is 166 cm³/mol. The van der Waals surface area contributed by atoms with Gasteiger partial charge < -0.3 is 21.5 Å². The molecule has 3 amide bonds. The average molecular weight is 653 g/mol. The summed E-state index contributed by atoms with van der Waals surface area (Å²) in [4.78, 5) is 41.6. The molecule has 0 saturated heterocycles. The van der Waals surface area contributed by atoms with Gasteiger partial charge >= 0.3 is 6.03 Å². The number of nitrogens with one attached hydrogen (secondary N) is 2. The maximum atomic E-state index is 14.7. The second-order valence-corrected chi connectivity index (χ2v) is 10.4. The molecule has 0 bridgehead atoms. The summed E-state index contributed by atoms with van der Waals surface area (Å²) in [6.45, 7) is -0.495. The molecule has 238 valence electrons. The van der Waals surface area contributed by atoms with Gasteiger partial charge in [-0.2, -0.15) is 0 Å². The lowest BCUT2D eigenvalue weighted by Crippen LogP contribution is -2.41. The standard InChI is InChI=1S/C27H30ClF2N5O3S.C2H5NO2/c1-33-17-9-7-16(8-10-17)25-18(13-28)20(15-36)26(39-25)35(14-19-21(29)5-4-6-22(19)30)27(37)34(2)23(31)11-12-24(32)38-3;1-5-3-2-4/h4-12,15,18,25,33H,13-14,31-32H2,1-3H3;2H,1H3,(H,3,4)/b23-11+,24-12+;. The molecule has 2 unspecified atom stereocenters. The number of anilines is 1. The zero-order valence-corrected chi connectivity index (χ0v) is 26.1. The Hall–Kier alpha value is -4.27. The fourth-order valence-electron chi connectivity index (χ4n) is 4.01. The van der Waals surface area contributed by atoms with Gasteiger partial charge in [-0.15, -0.1) is 11.6 Å². The van der Waals surface area contributed by atoms with Gasteiger partial charge in [0.1, 0.15) is 23.7 Å². The summed E-state index contributed by atoms with van der Waals surface area (Å²) in [5, 5.41) is 2.95. The monoisotopic (exact) mass is 652 g/mol. The molecule has 1 aliphatic rings. The first-order valence-corrected chi connectivity index (χ1v) is 14.4. The number of carbonyl (C=O) groups is 3. The van der Waals surface area contributed by atoms with Crippen molar-refractivity contribution in [2.24, 2.45) is 17.4 Å². The normalized spacial score (nSPS) is 16.4. The number of benzene rings is 2. The molecule has 6 N–H and O–H groups in total. The Kier molecular flexibility index (Phi) is 14.5. The number of hydroxylamine groups is 1. The third-order valence-electron chi connectivity index (χ3n) is 6.42. The number of allylic oxidation sites excluding steroid dienone is 3. The Morgan fingerprint density at radius 2 is 1.73 bits per heavy atom. The lowest BCUT2D eigenvalue weighted by molar-refractivity contribution is -0.118. The van der Waals surface area contributed by atoms with E-state index in [-0.39, 0.29) is 39.0 Å². The van der Waals surface area contributed by atoms with Crippen molar-refractivity contribution in [3.8, 4) is 0 Å². The van der Waals surface area contributed by atoms with Crippen LogP contribution in [0.1, 0.15) is 16.4 Å². The zero-order chi connectivity index (χ0) is 32.8. The summed E-state index contributed by atoms with van der Waals surface area (Å²) in [5.41, 5.74) is 15.3.